The maximum absolute atomic E-state index is 12.0. The fraction of sp³-hybridized carbons (Fsp3) is 0.833. The molecule has 0 N–H and O–H groups in total. The Balaban J connectivity index is 2.81. The van der Waals surface area contributed by atoms with Crippen molar-refractivity contribution in [1.29, 1.82) is 0 Å². The molecular weight excluding hydrogens is 319 g/mol. The number of alkyl halides is 1. The van der Waals surface area contributed by atoms with Crippen molar-refractivity contribution in [2.24, 2.45) is 5.41 Å². The molecule has 0 saturated heterocycles. The topological polar surface area (TPSA) is 43.4 Å². The van der Waals surface area contributed by atoms with Gasteiger partial charge in [0.1, 0.15) is 11.2 Å². The molecule has 3 nitrogen and oxygen atoms in total. The molecule has 1 atom stereocenters. The van der Waals surface area contributed by atoms with Crippen molar-refractivity contribution in [3.05, 3.63) is 0 Å². The molecule has 0 aromatic carbocycles. The number of ketones is 1. The van der Waals surface area contributed by atoms with E-state index < -0.39 is 5.41 Å². The molecule has 0 heterocycles. The summed E-state index contributed by atoms with van der Waals surface area (Å²) in [7, 11) is 0. The summed E-state index contributed by atoms with van der Waals surface area (Å²) in [6.07, 6.45) is 4.68. The molecule has 92 valence electrons. The first-order valence-electron chi connectivity index (χ1n) is 5.94. The second-order valence-corrected chi connectivity index (χ2v) is 5.30. The van der Waals surface area contributed by atoms with Crippen molar-refractivity contribution < 1.29 is 14.3 Å². The lowest BCUT2D eigenvalue weighted by Crippen LogP contribution is -2.43. The van der Waals surface area contributed by atoms with Crippen LogP contribution in [0.5, 0.6) is 0 Å². The molecule has 16 heavy (non-hydrogen) atoms. The summed E-state index contributed by atoms with van der Waals surface area (Å²) >= 11 is 2.28. The van der Waals surface area contributed by atoms with Crippen LogP contribution in [0.2, 0.25) is 0 Å². The van der Waals surface area contributed by atoms with Crippen LogP contribution in [0.1, 0.15) is 45.4 Å². The first kappa shape index (κ1) is 13.9. The van der Waals surface area contributed by atoms with E-state index in [0.717, 1.165) is 23.7 Å². The van der Waals surface area contributed by atoms with Crippen LogP contribution >= 0.6 is 22.6 Å². The van der Waals surface area contributed by atoms with Gasteiger partial charge in [-0.1, -0.05) is 29.0 Å². The number of esters is 1. The second kappa shape index (κ2) is 6.57. The van der Waals surface area contributed by atoms with E-state index in [9.17, 15) is 9.59 Å². The third-order valence-corrected chi connectivity index (χ3v) is 3.96. The highest BCUT2D eigenvalue weighted by Gasteiger charge is 2.47. The van der Waals surface area contributed by atoms with Gasteiger partial charge in [-0.2, -0.15) is 0 Å². The highest BCUT2D eigenvalue weighted by atomic mass is 127. The Bertz CT molecular complexity index is 265. The minimum atomic E-state index is -0.806. The summed E-state index contributed by atoms with van der Waals surface area (Å²) in [6, 6.07) is 0. The van der Waals surface area contributed by atoms with Crippen LogP contribution in [0.4, 0.5) is 0 Å². The molecule has 1 rings (SSSR count). The number of halogens is 1. The standard InChI is InChI=1S/C12H19IO3/c1-2-16-11(15)12(8-5-9-13)7-4-3-6-10(12)14/h2-9H2,1H3. The fourth-order valence-corrected chi connectivity index (χ4v) is 2.69. The van der Waals surface area contributed by atoms with E-state index in [-0.39, 0.29) is 11.8 Å². The van der Waals surface area contributed by atoms with Crippen molar-refractivity contribution in [1.82, 2.24) is 0 Å². The molecule has 0 radical (unpaired) electrons. The second-order valence-electron chi connectivity index (χ2n) is 4.23. The summed E-state index contributed by atoms with van der Waals surface area (Å²) in [5.41, 5.74) is -0.806. The van der Waals surface area contributed by atoms with Crippen LogP contribution in [-0.4, -0.2) is 22.8 Å². The van der Waals surface area contributed by atoms with Crippen LogP contribution < -0.4 is 0 Å². The molecule has 0 aromatic heterocycles. The summed E-state index contributed by atoms with van der Waals surface area (Å²) in [5.74, 6) is -0.188. The van der Waals surface area contributed by atoms with E-state index in [1.807, 2.05) is 0 Å². The van der Waals surface area contributed by atoms with Crippen LogP contribution in [0.15, 0.2) is 0 Å². The summed E-state index contributed by atoms with van der Waals surface area (Å²) in [5, 5.41) is 0. The van der Waals surface area contributed by atoms with Crippen LogP contribution in [0, 0.1) is 5.41 Å². The molecular formula is C12H19IO3. The lowest BCUT2D eigenvalue weighted by atomic mass is 9.70. The van der Waals surface area contributed by atoms with Gasteiger partial charge >= 0.3 is 5.97 Å². The number of hydrogen-bond donors (Lipinski definition) is 0. The van der Waals surface area contributed by atoms with Crippen molar-refractivity contribution in [2.75, 3.05) is 11.0 Å². The zero-order valence-electron chi connectivity index (χ0n) is 9.76. The Morgan fingerprint density at radius 1 is 1.50 bits per heavy atom. The van der Waals surface area contributed by atoms with Gasteiger partial charge < -0.3 is 4.74 Å². The van der Waals surface area contributed by atoms with E-state index in [1.165, 1.54) is 0 Å². The van der Waals surface area contributed by atoms with Crippen LogP contribution in [0.3, 0.4) is 0 Å². The maximum atomic E-state index is 12.0. The molecule has 0 amide bonds. The Morgan fingerprint density at radius 3 is 2.81 bits per heavy atom. The Morgan fingerprint density at radius 2 is 2.25 bits per heavy atom. The Labute approximate surface area is 110 Å². The smallest absolute Gasteiger partial charge is 0.319 e. The quantitative estimate of drug-likeness (QED) is 0.335. The number of rotatable bonds is 5. The van der Waals surface area contributed by atoms with Gasteiger partial charge in [0.2, 0.25) is 0 Å². The minimum absolute atomic E-state index is 0.0991. The number of Topliss-reactive ketones (excluding diaryl/α,β-unsaturated/α-hetero) is 1. The third-order valence-electron chi connectivity index (χ3n) is 3.19. The minimum Gasteiger partial charge on any atom is -0.465 e. The third kappa shape index (κ3) is 2.96. The Kier molecular flexibility index (Phi) is 5.72. The van der Waals surface area contributed by atoms with Crippen molar-refractivity contribution in [3.8, 4) is 0 Å². The first-order chi connectivity index (χ1) is 7.67. The van der Waals surface area contributed by atoms with E-state index in [1.54, 1.807) is 6.92 Å². The number of ether oxygens (including phenoxy) is 1. The van der Waals surface area contributed by atoms with Crippen molar-refractivity contribution in [3.63, 3.8) is 0 Å². The summed E-state index contributed by atoms with van der Waals surface area (Å²) in [4.78, 5) is 24.0. The van der Waals surface area contributed by atoms with E-state index in [4.69, 9.17) is 4.74 Å². The van der Waals surface area contributed by atoms with Gasteiger partial charge in [0.05, 0.1) is 6.61 Å². The largest absolute Gasteiger partial charge is 0.465 e. The maximum Gasteiger partial charge on any atom is 0.319 e. The number of hydrogen-bond acceptors (Lipinski definition) is 3. The molecule has 0 aliphatic heterocycles. The number of carbonyl (C=O) groups excluding carboxylic acids is 2. The molecule has 4 heteroatoms. The van der Waals surface area contributed by atoms with Crippen LogP contribution in [-0.2, 0) is 14.3 Å². The van der Waals surface area contributed by atoms with Crippen molar-refractivity contribution in [2.45, 2.75) is 45.4 Å². The van der Waals surface area contributed by atoms with Crippen LogP contribution in [0.25, 0.3) is 0 Å². The van der Waals surface area contributed by atoms with E-state index in [2.05, 4.69) is 22.6 Å². The molecule has 1 saturated carbocycles. The van der Waals surface area contributed by atoms with Gasteiger partial charge in [-0.25, -0.2) is 0 Å². The van der Waals surface area contributed by atoms with Gasteiger partial charge in [0, 0.05) is 6.42 Å². The molecule has 0 bridgehead atoms. The monoisotopic (exact) mass is 338 g/mol. The summed E-state index contributed by atoms with van der Waals surface area (Å²) < 4.78 is 6.07. The van der Waals surface area contributed by atoms with E-state index >= 15 is 0 Å². The predicted molar refractivity (Wildman–Crippen MR) is 70.7 cm³/mol. The molecule has 1 unspecified atom stereocenters. The highest BCUT2D eigenvalue weighted by Crippen LogP contribution is 2.38. The SMILES string of the molecule is CCOC(=O)C1(CCCI)CCCCC1=O. The summed E-state index contributed by atoms with van der Waals surface area (Å²) in [6.45, 7) is 2.15. The lowest BCUT2D eigenvalue weighted by Gasteiger charge is -2.33. The van der Waals surface area contributed by atoms with Gasteiger partial charge in [0.15, 0.2) is 0 Å². The molecule has 1 aliphatic carbocycles. The molecule has 1 aliphatic rings. The van der Waals surface area contributed by atoms with Gasteiger partial charge in [-0.3, -0.25) is 9.59 Å². The molecule has 1 fully saturated rings. The molecule has 0 spiro atoms. The zero-order valence-corrected chi connectivity index (χ0v) is 11.9. The van der Waals surface area contributed by atoms with Gasteiger partial charge in [-0.05, 0) is 37.0 Å². The highest BCUT2D eigenvalue weighted by molar-refractivity contribution is 14.1. The predicted octanol–water partition coefficient (Wildman–Crippen LogP) is 2.89. The zero-order chi connectivity index (χ0) is 12.0. The lowest BCUT2D eigenvalue weighted by molar-refractivity contribution is -0.162. The number of carbonyl (C=O) groups is 2. The van der Waals surface area contributed by atoms with E-state index in [0.29, 0.717) is 25.9 Å². The van der Waals surface area contributed by atoms with Gasteiger partial charge in [-0.15, -0.1) is 0 Å². The first-order valence-corrected chi connectivity index (χ1v) is 7.46. The molecule has 0 aromatic rings. The average Bonchev–Trinajstić information content (AvgIpc) is 2.28. The van der Waals surface area contributed by atoms with Crippen molar-refractivity contribution >= 4 is 34.3 Å². The Hall–Kier alpha value is -0.130. The van der Waals surface area contributed by atoms with Gasteiger partial charge in [0.25, 0.3) is 0 Å². The average molecular weight is 338 g/mol. The fourth-order valence-electron chi connectivity index (χ4n) is 2.31. The normalized spacial score (nSPS) is 25.5.